The molecule has 4 rings (SSSR count). The summed E-state index contributed by atoms with van der Waals surface area (Å²) in [7, 11) is 0. The van der Waals surface area contributed by atoms with Crippen LogP contribution in [-0.4, -0.2) is 11.8 Å². The lowest BCUT2D eigenvalue weighted by molar-refractivity contribution is 0.103. The molecule has 1 atom stereocenters. The number of ketones is 1. The predicted octanol–water partition coefficient (Wildman–Crippen LogP) is 5.69. The summed E-state index contributed by atoms with van der Waals surface area (Å²) in [6, 6.07) is 16.6. The summed E-state index contributed by atoms with van der Waals surface area (Å²) in [5.41, 5.74) is 3.88. The molecular formula is C22H22BrNO. The van der Waals surface area contributed by atoms with Crippen LogP contribution in [0.25, 0.3) is 6.08 Å². The maximum atomic E-state index is 13.0. The summed E-state index contributed by atoms with van der Waals surface area (Å²) in [4.78, 5) is 13.0. The van der Waals surface area contributed by atoms with Crippen molar-refractivity contribution in [2.45, 2.75) is 44.2 Å². The molecule has 2 aliphatic carbocycles. The van der Waals surface area contributed by atoms with Crippen molar-refractivity contribution in [2.24, 2.45) is 0 Å². The lowest BCUT2D eigenvalue weighted by Gasteiger charge is -2.27. The van der Waals surface area contributed by atoms with Gasteiger partial charge in [-0.2, -0.15) is 0 Å². The average Bonchev–Trinajstić information content (AvgIpc) is 2.89. The molecule has 3 heteroatoms. The van der Waals surface area contributed by atoms with E-state index in [4.69, 9.17) is 0 Å². The van der Waals surface area contributed by atoms with Crippen LogP contribution >= 0.6 is 15.9 Å². The fourth-order valence-corrected chi connectivity index (χ4v) is 4.37. The molecule has 2 nitrogen and oxygen atoms in total. The number of Topliss-reactive ketones (excluding diaryl/α,β-unsaturated/α-hetero) is 1. The fourth-order valence-electron chi connectivity index (χ4n) is 4.00. The normalized spacial score (nSPS) is 22.4. The van der Waals surface area contributed by atoms with Gasteiger partial charge in [-0.1, -0.05) is 65.5 Å². The molecule has 0 amide bonds. The van der Waals surface area contributed by atoms with Crippen LogP contribution in [0, 0.1) is 0 Å². The van der Waals surface area contributed by atoms with Gasteiger partial charge in [0.1, 0.15) is 0 Å². The van der Waals surface area contributed by atoms with Crippen LogP contribution in [0.1, 0.15) is 59.6 Å². The van der Waals surface area contributed by atoms with Gasteiger partial charge >= 0.3 is 0 Å². The molecule has 2 aliphatic rings. The third-order valence-electron chi connectivity index (χ3n) is 5.27. The topological polar surface area (TPSA) is 29.1 Å². The average molecular weight is 396 g/mol. The van der Waals surface area contributed by atoms with Crippen molar-refractivity contribution >= 4 is 27.8 Å². The van der Waals surface area contributed by atoms with E-state index in [0.29, 0.717) is 6.04 Å². The SMILES string of the molecule is O=C1C(=Cc2ccccc2)C(NC2CCCCC2)c2cc(Br)ccc21. The molecule has 0 bridgehead atoms. The largest absolute Gasteiger partial charge is 0.303 e. The minimum atomic E-state index is -0.0108. The molecule has 1 unspecified atom stereocenters. The Hall–Kier alpha value is -1.71. The summed E-state index contributed by atoms with van der Waals surface area (Å²) in [5.74, 6) is 0.152. The molecule has 128 valence electrons. The van der Waals surface area contributed by atoms with Crippen LogP contribution in [0.15, 0.2) is 58.6 Å². The van der Waals surface area contributed by atoms with E-state index < -0.39 is 0 Å². The summed E-state index contributed by atoms with van der Waals surface area (Å²) >= 11 is 3.57. The Labute approximate surface area is 157 Å². The van der Waals surface area contributed by atoms with Gasteiger partial charge in [-0.15, -0.1) is 0 Å². The second-order valence-electron chi connectivity index (χ2n) is 7.01. The van der Waals surface area contributed by atoms with Gasteiger partial charge in [0.15, 0.2) is 5.78 Å². The third-order valence-corrected chi connectivity index (χ3v) is 5.76. The lowest BCUT2D eigenvalue weighted by Crippen LogP contribution is -2.34. The molecular weight excluding hydrogens is 374 g/mol. The molecule has 1 N–H and O–H groups in total. The maximum Gasteiger partial charge on any atom is 0.191 e. The highest BCUT2D eigenvalue weighted by Gasteiger charge is 2.35. The molecule has 2 aromatic carbocycles. The number of nitrogens with one attached hydrogen (secondary N) is 1. The van der Waals surface area contributed by atoms with Crippen molar-refractivity contribution in [2.75, 3.05) is 0 Å². The van der Waals surface area contributed by atoms with E-state index in [1.165, 1.54) is 32.1 Å². The molecule has 0 aromatic heterocycles. The number of hydrogen-bond acceptors (Lipinski definition) is 2. The number of carbonyl (C=O) groups excluding carboxylic acids is 1. The van der Waals surface area contributed by atoms with E-state index in [-0.39, 0.29) is 11.8 Å². The highest BCUT2D eigenvalue weighted by atomic mass is 79.9. The van der Waals surface area contributed by atoms with Gasteiger partial charge in [0, 0.05) is 21.7 Å². The molecule has 0 heterocycles. The number of rotatable bonds is 3. The van der Waals surface area contributed by atoms with Crippen molar-refractivity contribution in [1.82, 2.24) is 5.32 Å². The molecule has 1 fully saturated rings. The Morgan fingerprint density at radius 3 is 2.52 bits per heavy atom. The summed E-state index contributed by atoms with van der Waals surface area (Å²) in [5, 5.41) is 3.79. The summed E-state index contributed by atoms with van der Waals surface area (Å²) < 4.78 is 1.02. The highest BCUT2D eigenvalue weighted by Crippen LogP contribution is 2.39. The zero-order valence-electron chi connectivity index (χ0n) is 14.2. The Kier molecular flexibility index (Phi) is 4.87. The molecule has 25 heavy (non-hydrogen) atoms. The zero-order chi connectivity index (χ0) is 17.2. The van der Waals surface area contributed by atoms with Crippen LogP contribution in [0.2, 0.25) is 0 Å². The van der Waals surface area contributed by atoms with Crippen LogP contribution in [-0.2, 0) is 0 Å². The lowest BCUT2D eigenvalue weighted by atomic mass is 9.93. The van der Waals surface area contributed by atoms with E-state index in [9.17, 15) is 4.79 Å². The van der Waals surface area contributed by atoms with Crippen molar-refractivity contribution in [3.05, 3.63) is 75.3 Å². The predicted molar refractivity (Wildman–Crippen MR) is 106 cm³/mol. The standard InChI is InChI=1S/C22H22BrNO/c23-16-11-12-18-19(14-16)21(24-17-9-5-2-6-10-17)20(22(18)25)13-15-7-3-1-4-8-15/h1,3-4,7-8,11-14,17,21,24H,2,5-6,9-10H2. The second kappa shape index (κ2) is 7.27. The maximum absolute atomic E-state index is 13.0. The number of carbonyl (C=O) groups is 1. The van der Waals surface area contributed by atoms with Gasteiger partial charge < -0.3 is 5.32 Å². The molecule has 1 saturated carbocycles. The van der Waals surface area contributed by atoms with Crippen molar-refractivity contribution in [3.63, 3.8) is 0 Å². The van der Waals surface area contributed by atoms with Crippen LogP contribution in [0.3, 0.4) is 0 Å². The first-order valence-corrected chi connectivity index (χ1v) is 9.88. The number of halogens is 1. The van der Waals surface area contributed by atoms with Gasteiger partial charge in [-0.3, -0.25) is 4.79 Å². The van der Waals surface area contributed by atoms with Gasteiger partial charge in [0.2, 0.25) is 0 Å². The first-order chi connectivity index (χ1) is 12.2. The Morgan fingerprint density at radius 2 is 1.76 bits per heavy atom. The van der Waals surface area contributed by atoms with Crippen molar-refractivity contribution in [1.29, 1.82) is 0 Å². The summed E-state index contributed by atoms with van der Waals surface area (Å²) in [6.07, 6.45) is 8.34. The quantitative estimate of drug-likeness (QED) is 0.675. The van der Waals surface area contributed by atoms with Gasteiger partial charge in [0.25, 0.3) is 0 Å². The van der Waals surface area contributed by atoms with Gasteiger partial charge in [0.05, 0.1) is 6.04 Å². The van der Waals surface area contributed by atoms with E-state index in [1.807, 2.05) is 30.3 Å². The fraction of sp³-hybridized carbons (Fsp3) is 0.318. The van der Waals surface area contributed by atoms with E-state index in [1.54, 1.807) is 0 Å². The van der Waals surface area contributed by atoms with E-state index in [0.717, 1.165) is 26.7 Å². The Bertz CT molecular complexity index is 806. The summed E-state index contributed by atoms with van der Waals surface area (Å²) in [6.45, 7) is 0. The second-order valence-corrected chi connectivity index (χ2v) is 7.92. The molecule has 0 radical (unpaired) electrons. The third kappa shape index (κ3) is 3.49. The van der Waals surface area contributed by atoms with Crippen molar-refractivity contribution < 1.29 is 4.79 Å². The highest BCUT2D eigenvalue weighted by molar-refractivity contribution is 9.10. The van der Waals surface area contributed by atoms with Crippen LogP contribution in [0.5, 0.6) is 0 Å². The van der Waals surface area contributed by atoms with E-state index >= 15 is 0 Å². The number of fused-ring (bicyclic) bond motifs is 1. The van der Waals surface area contributed by atoms with Crippen LogP contribution in [0.4, 0.5) is 0 Å². The number of benzene rings is 2. The first-order valence-electron chi connectivity index (χ1n) is 9.09. The first kappa shape index (κ1) is 16.7. The zero-order valence-corrected chi connectivity index (χ0v) is 15.8. The molecule has 0 aliphatic heterocycles. The molecule has 0 saturated heterocycles. The van der Waals surface area contributed by atoms with Crippen molar-refractivity contribution in [3.8, 4) is 0 Å². The minimum absolute atomic E-state index is 0.0108. The molecule has 0 spiro atoms. The van der Waals surface area contributed by atoms with Gasteiger partial charge in [-0.25, -0.2) is 0 Å². The number of hydrogen-bond donors (Lipinski definition) is 1. The molecule has 2 aromatic rings. The Balaban J connectivity index is 1.73. The van der Waals surface area contributed by atoms with Gasteiger partial charge in [-0.05, 0) is 48.2 Å². The van der Waals surface area contributed by atoms with E-state index in [2.05, 4.69) is 45.5 Å². The minimum Gasteiger partial charge on any atom is -0.303 e. The smallest absolute Gasteiger partial charge is 0.191 e. The Morgan fingerprint density at radius 1 is 1.00 bits per heavy atom. The monoisotopic (exact) mass is 395 g/mol. The van der Waals surface area contributed by atoms with Crippen LogP contribution < -0.4 is 5.32 Å².